The lowest BCUT2D eigenvalue weighted by atomic mass is 9.94. The molecule has 3 nitrogen and oxygen atoms in total. The van der Waals surface area contributed by atoms with Crippen molar-refractivity contribution in [3.05, 3.63) is 47.3 Å². The molecule has 0 N–H and O–H groups in total. The zero-order chi connectivity index (χ0) is 15.7. The van der Waals surface area contributed by atoms with Crippen LogP contribution >= 0.6 is 0 Å². The van der Waals surface area contributed by atoms with Gasteiger partial charge in [-0.05, 0) is 37.5 Å². The van der Waals surface area contributed by atoms with Crippen LogP contribution in [0.25, 0.3) is 0 Å². The summed E-state index contributed by atoms with van der Waals surface area (Å²) in [5.41, 5.74) is 1.93. The molecule has 0 spiro atoms. The van der Waals surface area contributed by atoms with Gasteiger partial charge < -0.3 is 9.53 Å². The molecule has 0 aliphatic rings. The molecule has 0 unspecified atom stereocenters. The topological polar surface area (TPSA) is 43.4 Å². The summed E-state index contributed by atoms with van der Waals surface area (Å²) in [7, 11) is 0. The van der Waals surface area contributed by atoms with Crippen LogP contribution in [-0.4, -0.2) is 18.9 Å². The lowest BCUT2D eigenvalue weighted by molar-refractivity contribution is -0.144. The van der Waals surface area contributed by atoms with E-state index in [0.29, 0.717) is 12.8 Å². The van der Waals surface area contributed by atoms with Crippen LogP contribution in [0.2, 0.25) is 0 Å². The molecule has 0 fully saturated rings. The Kier molecular flexibility index (Phi) is 7.37. The number of aldehydes is 1. The first-order valence-corrected chi connectivity index (χ1v) is 7.03. The molecule has 1 aromatic carbocycles. The number of halogens is 1. The van der Waals surface area contributed by atoms with Gasteiger partial charge in [-0.15, -0.1) is 0 Å². The van der Waals surface area contributed by atoms with Gasteiger partial charge in [0, 0.05) is 12.8 Å². The van der Waals surface area contributed by atoms with Gasteiger partial charge in [0.05, 0.1) is 13.0 Å². The number of carbonyl (C=O) groups is 2. The SMILES string of the molecule is C/C=C(/C)[C@@H](CC=O)CC(=O)OCCc1ccc(F)cc1. The summed E-state index contributed by atoms with van der Waals surface area (Å²) < 4.78 is 17.9. The zero-order valence-corrected chi connectivity index (χ0v) is 12.5. The first-order valence-electron chi connectivity index (χ1n) is 7.03. The molecule has 21 heavy (non-hydrogen) atoms. The van der Waals surface area contributed by atoms with Crippen molar-refractivity contribution in [1.82, 2.24) is 0 Å². The average Bonchev–Trinajstić information content (AvgIpc) is 2.48. The molecular formula is C17H21FO3. The van der Waals surface area contributed by atoms with Gasteiger partial charge >= 0.3 is 5.97 Å². The van der Waals surface area contributed by atoms with Crippen molar-refractivity contribution in [1.29, 1.82) is 0 Å². The summed E-state index contributed by atoms with van der Waals surface area (Å²) in [6.07, 6.45) is 3.80. The Morgan fingerprint density at radius 3 is 2.57 bits per heavy atom. The molecule has 0 radical (unpaired) electrons. The molecule has 1 aromatic rings. The van der Waals surface area contributed by atoms with E-state index in [2.05, 4.69) is 0 Å². The molecule has 4 heteroatoms. The van der Waals surface area contributed by atoms with Gasteiger partial charge in [-0.1, -0.05) is 23.8 Å². The maximum Gasteiger partial charge on any atom is 0.306 e. The van der Waals surface area contributed by atoms with Gasteiger partial charge in [-0.2, -0.15) is 0 Å². The Balaban J connectivity index is 2.39. The molecule has 0 saturated carbocycles. The number of rotatable bonds is 8. The fourth-order valence-corrected chi connectivity index (χ4v) is 1.98. The highest BCUT2D eigenvalue weighted by molar-refractivity contribution is 5.70. The summed E-state index contributed by atoms with van der Waals surface area (Å²) in [4.78, 5) is 22.4. The van der Waals surface area contributed by atoms with Crippen LogP contribution in [0.15, 0.2) is 35.9 Å². The number of benzene rings is 1. The van der Waals surface area contributed by atoms with Crippen molar-refractivity contribution in [2.45, 2.75) is 33.1 Å². The van der Waals surface area contributed by atoms with Crippen molar-refractivity contribution in [3.8, 4) is 0 Å². The molecular weight excluding hydrogens is 271 g/mol. The predicted molar refractivity (Wildman–Crippen MR) is 79.3 cm³/mol. The quantitative estimate of drug-likeness (QED) is 0.418. The highest BCUT2D eigenvalue weighted by Gasteiger charge is 2.15. The second kappa shape index (κ2) is 9.06. The maximum absolute atomic E-state index is 12.7. The number of ether oxygens (including phenoxy) is 1. The van der Waals surface area contributed by atoms with Gasteiger partial charge in [-0.3, -0.25) is 4.79 Å². The second-order valence-electron chi connectivity index (χ2n) is 4.93. The van der Waals surface area contributed by atoms with Crippen LogP contribution < -0.4 is 0 Å². The van der Waals surface area contributed by atoms with Crippen LogP contribution in [-0.2, 0) is 20.7 Å². The highest BCUT2D eigenvalue weighted by atomic mass is 19.1. The zero-order valence-electron chi connectivity index (χ0n) is 12.5. The third-order valence-corrected chi connectivity index (χ3v) is 3.46. The molecule has 0 aliphatic heterocycles. The lowest BCUT2D eigenvalue weighted by Gasteiger charge is -2.14. The molecule has 0 heterocycles. The average molecular weight is 292 g/mol. The van der Waals surface area contributed by atoms with Crippen molar-refractivity contribution in [2.24, 2.45) is 5.92 Å². The van der Waals surface area contributed by atoms with Crippen molar-refractivity contribution in [2.75, 3.05) is 6.61 Å². The summed E-state index contributed by atoms with van der Waals surface area (Å²) in [6, 6.07) is 6.10. The van der Waals surface area contributed by atoms with Crippen molar-refractivity contribution >= 4 is 12.3 Å². The number of carbonyl (C=O) groups excluding carboxylic acids is 2. The standard InChI is InChI=1S/C17H21FO3/c1-3-13(2)15(8-10-19)12-17(20)21-11-9-14-4-6-16(18)7-5-14/h3-7,10,15H,8-9,11-12H2,1-2H3/b13-3-/t15-/m0/s1. The van der Waals surface area contributed by atoms with Crippen molar-refractivity contribution in [3.63, 3.8) is 0 Å². The van der Waals surface area contributed by atoms with E-state index in [1.54, 1.807) is 12.1 Å². The van der Waals surface area contributed by atoms with E-state index in [0.717, 1.165) is 17.4 Å². The van der Waals surface area contributed by atoms with Crippen LogP contribution in [0, 0.1) is 11.7 Å². The third-order valence-electron chi connectivity index (χ3n) is 3.46. The molecule has 0 saturated heterocycles. The first kappa shape index (κ1) is 17.1. The molecule has 0 aliphatic carbocycles. The van der Waals surface area contributed by atoms with Gasteiger partial charge in [0.25, 0.3) is 0 Å². The molecule has 0 aromatic heterocycles. The minimum atomic E-state index is -0.315. The molecule has 114 valence electrons. The largest absolute Gasteiger partial charge is 0.465 e. The van der Waals surface area contributed by atoms with E-state index in [-0.39, 0.29) is 30.7 Å². The van der Waals surface area contributed by atoms with E-state index < -0.39 is 0 Å². The van der Waals surface area contributed by atoms with Crippen LogP contribution in [0.5, 0.6) is 0 Å². The molecule has 1 atom stereocenters. The van der Waals surface area contributed by atoms with E-state index in [1.807, 2.05) is 19.9 Å². The van der Waals surface area contributed by atoms with Gasteiger partial charge in [0.2, 0.25) is 0 Å². The Morgan fingerprint density at radius 2 is 2.00 bits per heavy atom. The summed E-state index contributed by atoms with van der Waals surface area (Å²) >= 11 is 0. The highest BCUT2D eigenvalue weighted by Crippen LogP contribution is 2.18. The number of hydrogen-bond donors (Lipinski definition) is 0. The van der Waals surface area contributed by atoms with Gasteiger partial charge in [0.15, 0.2) is 0 Å². The number of allylic oxidation sites excluding steroid dienone is 2. The lowest BCUT2D eigenvalue weighted by Crippen LogP contribution is -2.14. The summed E-state index contributed by atoms with van der Waals surface area (Å²) in [5.74, 6) is -0.690. The fraction of sp³-hybridized carbons (Fsp3) is 0.412. The van der Waals surface area contributed by atoms with E-state index in [9.17, 15) is 14.0 Å². The molecule has 0 amide bonds. The first-order chi connectivity index (χ1) is 10.1. The van der Waals surface area contributed by atoms with Crippen LogP contribution in [0.4, 0.5) is 4.39 Å². The maximum atomic E-state index is 12.7. The smallest absolute Gasteiger partial charge is 0.306 e. The minimum absolute atomic E-state index is 0.0918. The van der Waals surface area contributed by atoms with Gasteiger partial charge in [-0.25, -0.2) is 4.39 Å². The van der Waals surface area contributed by atoms with Crippen LogP contribution in [0.1, 0.15) is 32.3 Å². The van der Waals surface area contributed by atoms with Crippen molar-refractivity contribution < 1.29 is 18.7 Å². The Morgan fingerprint density at radius 1 is 1.33 bits per heavy atom. The van der Waals surface area contributed by atoms with Gasteiger partial charge in [0.1, 0.15) is 12.1 Å². The monoisotopic (exact) mass is 292 g/mol. The van der Waals surface area contributed by atoms with E-state index in [1.165, 1.54) is 12.1 Å². The molecule has 0 bridgehead atoms. The fourth-order valence-electron chi connectivity index (χ4n) is 1.98. The minimum Gasteiger partial charge on any atom is -0.465 e. The Bertz CT molecular complexity index is 491. The summed E-state index contributed by atoms with van der Waals surface area (Å²) in [5, 5.41) is 0. The van der Waals surface area contributed by atoms with E-state index in [4.69, 9.17) is 4.74 Å². The Hall–Kier alpha value is -1.97. The number of esters is 1. The molecule has 1 rings (SSSR count). The normalized spacial score (nSPS) is 12.8. The second-order valence-corrected chi connectivity index (χ2v) is 4.93. The Labute approximate surface area is 124 Å². The van der Waals surface area contributed by atoms with Crippen LogP contribution in [0.3, 0.4) is 0 Å². The third kappa shape index (κ3) is 6.34. The summed E-state index contributed by atoms with van der Waals surface area (Å²) in [6.45, 7) is 4.04. The number of hydrogen-bond acceptors (Lipinski definition) is 3. The predicted octanol–water partition coefficient (Wildman–Crippen LogP) is 3.47. The van der Waals surface area contributed by atoms with E-state index >= 15 is 0 Å².